The summed E-state index contributed by atoms with van der Waals surface area (Å²) in [6.07, 6.45) is 7.44. The largest absolute Gasteiger partial charge is 0.480 e. The lowest BCUT2D eigenvalue weighted by Gasteiger charge is -2.58. The number of ether oxygens (including phenoxy) is 2. The zero-order valence-electron chi connectivity index (χ0n) is 20.6. The number of aliphatic carboxylic acids is 1. The van der Waals surface area contributed by atoms with E-state index in [1.165, 1.54) is 0 Å². The Balaban J connectivity index is 1.25. The van der Waals surface area contributed by atoms with E-state index < -0.39 is 29.7 Å². The minimum absolute atomic E-state index is 0.0139. The molecular formula is C25H35N3O7. The van der Waals surface area contributed by atoms with Gasteiger partial charge in [0.25, 0.3) is 0 Å². The maximum atomic E-state index is 12.5. The normalized spacial score (nSPS) is 41.5. The van der Waals surface area contributed by atoms with Gasteiger partial charge in [-0.05, 0) is 37.7 Å². The molecule has 10 nitrogen and oxygen atoms in total. The van der Waals surface area contributed by atoms with Gasteiger partial charge in [0.2, 0.25) is 18.0 Å². The lowest BCUT2D eigenvalue weighted by atomic mass is 9.58. The number of nitrogens with zero attached hydrogens (tertiary/aromatic N) is 2. The highest BCUT2D eigenvalue weighted by atomic mass is 17.3. The SMILES string of the molecule is CC1CCC2C(C)/C(=N/CCC(=O)NC(CC3=CN=CC3)C(=O)O)OC3OC4(C)CCC1C32OO4. The van der Waals surface area contributed by atoms with Gasteiger partial charge in [-0.3, -0.25) is 14.8 Å². The van der Waals surface area contributed by atoms with Crippen LogP contribution in [0.3, 0.4) is 0 Å². The molecule has 1 saturated carbocycles. The Labute approximate surface area is 205 Å². The zero-order valence-corrected chi connectivity index (χ0v) is 20.6. The Morgan fingerprint density at radius 3 is 2.83 bits per heavy atom. The Hall–Kier alpha value is -2.30. The number of carboxylic acid groups (broad SMARTS) is 1. The molecule has 0 aromatic rings. The molecule has 0 radical (unpaired) electrons. The predicted octanol–water partition coefficient (Wildman–Crippen LogP) is 2.97. The number of carboxylic acids is 1. The predicted molar refractivity (Wildman–Crippen MR) is 125 cm³/mol. The molecule has 2 N–H and O–H groups in total. The summed E-state index contributed by atoms with van der Waals surface area (Å²) in [5.41, 5.74) is 0.227. The van der Waals surface area contributed by atoms with Crippen LogP contribution in [0.2, 0.25) is 0 Å². The summed E-state index contributed by atoms with van der Waals surface area (Å²) in [5, 5.41) is 12.1. The molecule has 1 amide bonds. The maximum absolute atomic E-state index is 12.5. The van der Waals surface area contributed by atoms with Crippen LogP contribution in [0.5, 0.6) is 0 Å². The van der Waals surface area contributed by atoms with Crippen LogP contribution in [0.25, 0.3) is 0 Å². The van der Waals surface area contributed by atoms with Gasteiger partial charge < -0.3 is 19.9 Å². The quantitative estimate of drug-likeness (QED) is 0.526. The molecule has 2 bridgehead atoms. The van der Waals surface area contributed by atoms with Crippen LogP contribution in [0, 0.1) is 23.7 Å². The molecule has 0 aromatic heterocycles. The summed E-state index contributed by atoms with van der Waals surface area (Å²) >= 11 is 0. The number of amides is 1. The van der Waals surface area contributed by atoms with E-state index in [0.717, 1.165) is 31.3 Å². The van der Waals surface area contributed by atoms with Crippen molar-refractivity contribution in [3.8, 4) is 0 Å². The Morgan fingerprint density at radius 2 is 2.09 bits per heavy atom. The second-order valence-corrected chi connectivity index (χ2v) is 10.8. The van der Waals surface area contributed by atoms with E-state index in [1.807, 2.05) is 6.92 Å². The molecule has 192 valence electrons. The van der Waals surface area contributed by atoms with E-state index in [4.69, 9.17) is 19.2 Å². The minimum atomic E-state index is -1.07. The Kier molecular flexibility index (Phi) is 6.48. The van der Waals surface area contributed by atoms with Crippen molar-refractivity contribution in [3.63, 3.8) is 0 Å². The van der Waals surface area contributed by atoms with Crippen molar-refractivity contribution in [1.82, 2.24) is 5.32 Å². The minimum Gasteiger partial charge on any atom is -0.480 e. The first-order chi connectivity index (χ1) is 16.7. The zero-order chi connectivity index (χ0) is 24.8. The average molecular weight is 490 g/mol. The van der Waals surface area contributed by atoms with Crippen molar-refractivity contribution in [2.45, 2.75) is 89.4 Å². The van der Waals surface area contributed by atoms with E-state index in [0.29, 0.717) is 18.2 Å². The molecule has 10 heteroatoms. The number of fused-ring (bicyclic) bond motifs is 2. The van der Waals surface area contributed by atoms with Crippen molar-refractivity contribution in [1.29, 1.82) is 0 Å². The first kappa shape index (κ1) is 24.4. The van der Waals surface area contributed by atoms with Crippen LogP contribution in [0.15, 0.2) is 21.8 Å². The molecule has 8 atom stereocenters. The molecule has 0 aromatic carbocycles. The number of aliphatic imine (C=N–C) groups is 2. The molecule has 5 fully saturated rings. The number of nitrogens with one attached hydrogen (secondary N) is 1. The van der Waals surface area contributed by atoms with Crippen LogP contribution in [0.1, 0.15) is 65.7 Å². The second kappa shape index (κ2) is 9.29. The summed E-state index contributed by atoms with van der Waals surface area (Å²) in [5.74, 6) is -0.835. The van der Waals surface area contributed by atoms with Gasteiger partial charge in [-0.1, -0.05) is 13.8 Å². The standard InChI is InChI=1S/C25H35N3O7/c1-14-4-5-18-15(2)21(32-23-25(18)17(14)6-9-24(3,33-23)34-35-25)27-11-8-20(29)28-19(22(30)31)12-16-7-10-26-13-16/h10,13-15,17-19,23H,4-9,11-12H2,1-3H3,(H,28,29)(H,30,31)/b27-21-. The molecule has 5 aliphatic heterocycles. The van der Waals surface area contributed by atoms with Gasteiger partial charge in [0.05, 0.1) is 6.54 Å². The smallest absolute Gasteiger partial charge is 0.326 e. The monoisotopic (exact) mass is 489 g/mol. The van der Waals surface area contributed by atoms with Gasteiger partial charge in [0.1, 0.15) is 6.04 Å². The fourth-order valence-electron chi connectivity index (χ4n) is 6.47. The van der Waals surface area contributed by atoms with Crippen molar-refractivity contribution >= 4 is 24.0 Å². The van der Waals surface area contributed by atoms with Crippen LogP contribution in [-0.4, -0.2) is 59.4 Å². The van der Waals surface area contributed by atoms with Gasteiger partial charge in [-0.15, -0.1) is 0 Å². The van der Waals surface area contributed by atoms with Crippen molar-refractivity contribution in [3.05, 3.63) is 11.8 Å². The van der Waals surface area contributed by atoms with Crippen LogP contribution >= 0.6 is 0 Å². The van der Waals surface area contributed by atoms with Crippen molar-refractivity contribution < 1.29 is 33.9 Å². The van der Waals surface area contributed by atoms with Crippen molar-refractivity contribution in [2.75, 3.05) is 6.54 Å². The number of carbonyl (C=O) groups excluding carboxylic acids is 1. The molecule has 1 spiro atoms. The van der Waals surface area contributed by atoms with E-state index in [9.17, 15) is 14.7 Å². The molecule has 8 unspecified atom stereocenters. The second-order valence-electron chi connectivity index (χ2n) is 10.8. The lowest BCUT2D eigenvalue weighted by molar-refractivity contribution is -0.557. The third kappa shape index (κ3) is 4.40. The summed E-state index contributed by atoms with van der Waals surface area (Å²) in [4.78, 5) is 44.7. The highest BCUT2D eigenvalue weighted by Gasteiger charge is 2.69. The van der Waals surface area contributed by atoms with Crippen LogP contribution < -0.4 is 5.32 Å². The number of rotatable bonds is 7. The third-order valence-corrected chi connectivity index (χ3v) is 8.42. The van der Waals surface area contributed by atoms with E-state index in [-0.39, 0.29) is 43.0 Å². The number of hydrogen-bond donors (Lipinski definition) is 2. The maximum Gasteiger partial charge on any atom is 0.326 e. The molecule has 6 rings (SSSR count). The summed E-state index contributed by atoms with van der Waals surface area (Å²) in [6, 6.07) is -0.984. The van der Waals surface area contributed by atoms with Crippen LogP contribution in [0.4, 0.5) is 0 Å². The van der Waals surface area contributed by atoms with Gasteiger partial charge in [-0.25, -0.2) is 14.6 Å². The van der Waals surface area contributed by atoms with Crippen LogP contribution in [-0.2, 0) is 28.8 Å². The lowest BCUT2D eigenvalue weighted by Crippen LogP contribution is -2.69. The molecule has 35 heavy (non-hydrogen) atoms. The van der Waals surface area contributed by atoms with E-state index in [1.54, 1.807) is 12.4 Å². The highest BCUT2D eigenvalue weighted by molar-refractivity contribution is 5.84. The van der Waals surface area contributed by atoms with E-state index in [2.05, 4.69) is 29.1 Å². The van der Waals surface area contributed by atoms with Gasteiger partial charge in [0.15, 0.2) is 11.5 Å². The molecule has 6 aliphatic rings. The molecule has 5 heterocycles. The molecule has 1 aliphatic carbocycles. The fraction of sp³-hybridized carbons (Fsp3) is 0.760. The first-order valence-corrected chi connectivity index (χ1v) is 12.7. The third-order valence-electron chi connectivity index (χ3n) is 8.42. The Morgan fingerprint density at radius 1 is 1.26 bits per heavy atom. The topological polar surface area (TPSA) is 128 Å². The first-order valence-electron chi connectivity index (χ1n) is 12.7. The molecule has 4 saturated heterocycles. The summed E-state index contributed by atoms with van der Waals surface area (Å²) in [7, 11) is 0. The van der Waals surface area contributed by atoms with Gasteiger partial charge in [0, 0.05) is 55.9 Å². The number of hydrogen-bond acceptors (Lipinski definition) is 8. The van der Waals surface area contributed by atoms with E-state index >= 15 is 0 Å². The Bertz CT molecular complexity index is 965. The van der Waals surface area contributed by atoms with Crippen molar-refractivity contribution in [2.24, 2.45) is 33.7 Å². The average Bonchev–Trinajstić information content (AvgIpc) is 3.22. The fourth-order valence-corrected chi connectivity index (χ4v) is 6.47. The summed E-state index contributed by atoms with van der Waals surface area (Å²) < 4.78 is 12.6. The highest BCUT2D eigenvalue weighted by Crippen LogP contribution is 2.59. The number of carbonyl (C=O) groups is 2. The van der Waals surface area contributed by atoms with Gasteiger partial charge >= 0.3 is 5.97 Å². The van der Waals surface area contributed by atoms with Gasteiger partial charge in [-0.2, -0.15) is 0 Å². The molecular weight excluding hydrogens is 454 g/mol. The summed E-state index contributed by atoms with van der Waals surface area (Å²) in [6.45, 7) is 6.43.